The number of fused-ring (bicyclic) bond motifs is 1. The van der Waals surface area contributed by atoms with E-state index in [-0.39, 0.29) is 11.2 Å². The van der Waals surface area contributed by atoms with Crippen molar-refractivity contribution in [3.63, 3.8) is 0 Å². The molecule has 2 rings (SSSR count). The molecule has 0 radical (unpaired) electrons. The molecule has 1 heterocycles. The lowest BCUT2D eigenvalue weighted by atomic mass is 10.5. The van der Waals surface area contributed by atoms with Crippen molar-refractivity contribution in [3.05, 3.63) is 22.2 Å². The average Bonchev–Trinajstić information content (AvgIpc) is 2.41. The van der Waals surface area contributed by atoms with Crippen LogP contribution >= 0.6 is 0 Å². The minimum Gasteiger partial charge on any atom is -0.460 e. The van der Waals surface area contributed by atoms with Gasteiger partial charge < -0.3 is 4.42 Å². The fourth-order valence-electron chi connectivity index (χ4n) is 0.809. The maximum absolute atomic E-state index is 10.5. The number of hydrogen-bond acceptors (Lipinski definition) is 3. The number of furan rings is 1. The predicted octanol–water partition coefficient (Wildman–Crippen LogP) is 0.481. The summed E-state index contributed by atoms with van der Waals surface area (Å²) in [4.78, 5) is 20.5. The molecule has 0 spiro atoms. The van der Waals surface area contributed by atoms with E-state index in [0.29, 0.717) is 17.1 Å². The Labute approximate surface area is 49.6 Å². The molecule has 0 fully saturated rings. The van der Waals surface area contributed by atoms with Crippen molar-refractivity contribution < 1.29 is 9.21 Å². The lowest BCUT2D eigenvalue weighted by molar-refractivity contribution is 0.110. The first-order valence-electron chi connectivity index (χ1n) is 2.46. The van der Waals surface area contributed by atoms with Gasteiger partial charge in [0.2, 0.25) is 5.43 Å². The quantitative estimate of drug-likeness (QED) is 0.517. The van der Waals surface area contributed by atoms with Gasteiger partial charge in [-0.1, -0.05) is 0 Å². The second kappa shape index (κ2) is 1.13. The molecule has 0 amide bonds. The van der Waals surface area contributed by atoms with E-state index in [1.807, 2.05) is 0 Å². The molecule has 0 saturated heterocycles. The maximum Gasteiger partial charge on any atom is 0.201 e. The van der Waals surface area contributed by atoms with Gasteiger partial charge in [0, 0.05) is 0 Å². The lowest BCUT2D eigenvalue weighted by Crippen LogP contribution is -1.78. The van der Waals surface area contributed by atoms with Crippen molar-refractivity contribution in [1.82, 2.24) is 0 Å². The van der Waals surface area contributed by atoms with Crippen LogP contribution in [0.15, 0.2) is 15.5 Å². The Morgan fingerprint density at radius 3 is 2.67 bits per heavy atom. The standard InChI is InChI=1S/C6H2O3/c7-1-4-5-3(2-9-4)6(5)8/h1-2H. The van der Waals surface area contributed by atoms with Gasteiger partial charge in [-0.15, -0.1) is 0 Å². The second-order valence-electron chi connectivity index (χ2n) is 1.84. The van der Waals surface area contributed by atoms with Crippen LogP contribution in [0.2, 0.25) is 0 Å². The zero-order chi connectivity index (χ0) is 6.43. The summed E-state index contributed by atoms with van der Waals surface area (Å²) in [6, 6.07) is 0. The Bertz CT molecular complexity index is 373. The van der Waals surface area contributed by atoms with Crippen LogP contribution in [-0.2, 0) is 0 Å². The zero-order valence-electron chi connectivity index (χ0n) is 4.38. The minimum atomic E-state index is -0.0525. The molecule has 3 heteroatoms. The molecule has 0 atom stereocenters. The van der Waals surface area contributed by atoms with Crippen molar-refractivity contribution in [2.75, 3.05) is 0 Å². The Balaban J connectivity index is 2.87. The number of hydrogen-bond donors (Lipinski definition) is 0. The van der Waals surface area contributed by atoms with Crippen molar-refractivity contribution in [2.24, 2.45) is 0 Å². The summed E-state index contributed by atoms with van der Waals surface area (Å²) < 4.78 is 4.66. The molecule has 0 saturated carbocycles. The average molecular weight is 122 g/mol. The predicted molar refractivity (Wildman–Crippen MR) is 30.2 cm³/mol. The van der Waals surface area contributed by atoms with E-state index in [9.17, 15) is 9.59 Å². The van der Waals surface area contributed by atoms with Gasteiger partial charge in [0.1, 0.15) is 6.26 Å². The fourth-order valence-corrected chi connectivity index (χ4v) is 0.809. The second-order valence-corrected chi connectivity index (χ2v) is 1.84. The molecule has 0 aliphatic rings. The van der Waals surface area contributed by atoms with Crippen LogP contribution in [0.5, 0.6) is 0 Å². The maximum atomic E-state index is 10.5. The molecule has 9 heavy (non-hydrogen) atoms. The third kappa shape index (κ3) is 0.367. The molecule has 0 bridgehead atoms. The summed E-state index contributed by atoms with van der Waals surface area (Å²) >= 11 is 0. The van der Waals surface area contributed by atoms with Gasteiger partial charge in [-0.25, -0.2) is 0 Å². The number of aldehydes is 1. The van der Waals surface area contributed by atoms with Crippen molar-refractivity contribution in [2.45, 2.75) is 0 Å². The molecule has 1 aromatic carbocycles. The van der Waals surface area contributed by atoms with Gasteiger partial charge >= 0.3 is 0 Å². The van der Waals surface area contributed by atoms with E-state index in [0.717, 1.165) is 0 Å². The SMILES string of the molecule is O=Cc1occ2c(=O)c12. The summed E-state index contributed by atoms with van der Waals surface area (Å²) in [5, 5.41) is 1.02. The topological polar surface area (TPSA) is 47.3 Å². The van der Waals surface area contributed by atoms with Crippen LogP contribution in [0.1, 0.15) is 10.6 Å². The van der Waals surface area contributed by atoms with E-state index in [2.05, 4.69) is 4.42 Å². The Morgan fingerprint density at radius 1 is 1.56 bits per heavy atom. The summed E-state index contributed by atoms with van der Waals surface area (Å²) in [5.41, 5.74) is -0.0525. The fraction of sp³-hybridized carbons (Fsp3) is 0. The molecule has 2 aromatic rings. The molecule has 1 aromatic heterocycles. The molecule has 0 aliphatic heterocycles. The number of carbonyl (C=O) groups is 1. The van der Waals surface area contributed by atoms with Crippen molar-refractivity contribution in [3.8, 4) is 0 Å². The third-order valence-electron chi connectivity index (χ3n) is 1.34. The van der Waals surface area contributed by atoms with Gasteiger partial charge in [-0.3, -0.25) is 9.59 Å². The molecule has 0 N–H and O–H groups in total. The highest BCUT2D eigenvalue weighted by Crippen LogP contribution is 2.19. The van der Waals surface area contributed by atoms with Gasteiger partial charge in [0.25, 0.3) is 0 Å². The Hall–Kier alpha value is -1.38. The van der Waals surface area contributed by atoms with Crippen LogP contribution in [0.25, 0.3) is 10.8 Å². The largest absolute Gasteiger partial charge is 0.460 e. The Kier molecular flexibility index (Phi) is 0.563. The highest BCUT2D eigenvalue weighted by atomic mass is 16.3. The van der Waals surface area contributed by atoms with Crippen LogP contribution in [0, 0.1) is 0 Å². The number of carbonyl (C=O) groups excluding carboxylic acids is 1. The monoisotopic (exact) mass is 122 g/mol. The first-order valence-corrected chi connectivity index (χ1v) is 2.46. The Morgan fingerprint density at radius 2 is 2.33 bits per heavy atom. The van der Waals surface area contributed by atoms with E-state index in [1.165, 1.54) is 6.26 Å². The van der Waals surface area contributed by atoms with Crippen LogP contribution in [-0.4, -0.2) is 6.29 Å². The molecule has 0 unspecified atom stereocenters. The van der Waals surface area contributed by atoms with E-state index in [4.69, 9.17) is 0 Å². The van der Waals surface area contributed by atoms with Crippen LogP contribution < -0.4 is 5.43 Å². The van der Waals surface area contributed by atoms with Gasteiger partial charge in [-0.2, -0.15) is 0 Å². The molecular formula is C6H2O3. The first-order chi connectivity index (χ1) is 4.34. The summed E-state index contributed by atoms with van der Waals surface area (Å²) in [7, 11) is 0. The smallest absolute Gasteiger partial charge is 0.201 e. The van der Waals surface area contributed by atoms with Gasteiger partial charge in [-0.05, 0) is 0 Å². The van der Waals surface area contributed by atoms with E-state index >= 15 is 0 Å². The van der Waals surface area contributed by atoms with Gasteiger partial charge in [0.15, 0.2) is 12.0 Å². The van der Waals surface area contributed by atoms with Crippen LogP contribution in [0.3, 0.4) is 0 Å². The highest BCUT2D eigenvalue weighted by molar-refractivity contribution is 6.06. The van der Waals surface area contributed by atoms with E-state index in [1.54, 1.807) is 0 Å². The summed E-state index contributed by atoms with van der Waals surface area (Å²) in [5.74, 6) is 0.162. The van der Waals surface area contributed by atoms with Crippen LogP contribution in [0.4, 0.5) is 0 Å². The first kappa shape index (κ1) is 4.49. The summed E-state index contributed by atoms with van der Waals surface area (Å²) in [6.07, 6.45) is 1.85. The van der Waals surface area contributed by atoms with E-state index < -0.39 is 0 Å². The minimum absolute atomic E-state index is 0.0525. The number of rotatable bonds is 1. The molecular weight excluding hydrogens is 120 g/mol. The lowest BCUT2D eigenvalue weighted by Gasteiger charge is -1.72. The zero-order valence-corrected chi connectivity index (χ0v) is 4.38. The highest BCUT2D eigenvalue weighted by Gasteiger charge is 2.20. The normalized spacial score (nSPS) is 11.1. The third-order valence-corrected chi connectivity index (χ3v) is 1.34. The molecule has 44 valence electrons. The van der Waals surface area contributed by atoms with Crippen molar-refractivity contribution >= 4 is 17.1 Å². The van der Waals surface area contributed by atoms with Gasteiger partial charge in [0.05, 0.1) is 10.8 Å². The molecule has 3 nitrogen and oxygen atoms in total. The van der Waals surface area contributed by atoms with Crippen molar-refractivity contribution in [1.29, 1.82) is 0 Å². The summed E-state index contributed by atoms with van der Waals surface area (Å²) in [6.45, 7) is 0. The molecule has 0 aliphatic carbocycles.